The summed E-state index contributed by atoms with van der Waals surface area (Å²) in [6.45, 7) is -0.345. The van der Waals surface area contributed by atoms with Crippen LogP contribution >= 0.6 is 0 Å². The highest BCUT2D eigenvalue weighted by Gasteiger charge is 2.17. The van der Waals surface area contributed by atoms with Gasteiger partial charge in [0, 0.05) is 14.1 Å². The van der Waals surface area contributed by atoms with Gasteiger partial charge in [-0.1, -0.05) is 5.22 Å². The first-order chi connectivity index (χ1) is 13.3. The predicted octanol–water partition coefficient (Wildman–Crippen LogP) is -2.94. The van der Waals surface area contributed by atoms with Gasteiger partial charge in [0.05, 0.1) is 24.8 Å². The average molecular weight is 390 g/mol. The Bertz CT molecular complexity index is 1120. The third kappa shape index (κ3) is 3.52. The molecule has 148 valence electrons. The van der Waals surface area contributed by atoms with Gasteiger partial charge in [0.25, 0.3) is 11.5 Å². The number of hydrogen-bond acceptors (Lipinski definition) is 9. The number of imidazole rings is 1. The molecule has 0 unspecified atom stereocenters. The molecule has 28 heavy (non-hydrogen) atoms. The number of carbonyl (C=O) groups is 2. The lowest BCUT2D eigenvalue weighted by atomic mass is 10.4. The maximum absolute atomic E-state index is 12.4. The van der Waals surface area contributed by atoms with Gasteiger partial charge in [0.2, 0.25) is 5.91 Å². The molecule has 4 N–H and O–H groups in total. The van der Waals surface area contributed by atoms with Crippen molar-refractivity contribution in [3.05, 3.63) is 39.1 Å². The Kier molecular flexibility index (Phi) is 5.04. The summed E-state index contributed by atoms with van der Waals surface area (Å²) in [5.74, 6) is -0.933. The smallest absolute Gasteiger partial charge is 0.325 e. The van der Waals surface area contributed by atoms with Gasteiger partial charge in [-0.3, -0.25) is 23.5 Å². The van der Waals surface area contributed by atoms with Gasteiger partial charge < -0.3 is 15.6 Å². The van der Waals surface area contributed by atoms with E-state index >= 15 is 0 Å². The molecule has 0 saturated heterocycles. The van der Waals surface area contributed by atoms with Crippen LogP contribution in [0.4, 0.5) is 0 Å². The Morgan fingerprint density at radius 2 is 1.96 bits per heavy atom. The Morgan fingerprint density at radius 1 is 1.21 bits per heavy atom. The fourth-order valence-corrected chi connectivity index (χ4v) is 2.58. The van der Waals surface area contributed by atoms with Crippen LogP contribution in [-0.2, 0) is 30.2 Å². The molecule has 2 aromatic heterocycles. The number of nitrogens with one attached hydrogen (secondary N) is 2. The van der Waals surface area contributed by atoms with Crippen molar-refractivity contribution in [2.45, 2.75) is 6.54 Å². The second-order valence-electron chi connectivity index (χ2n) is 5.93. The third-order valence-electron chi connectivity index (χ3n) is 3.93. The maximum Gasteiger partial charge on any atom is 0.332 e. The molecule has 2 aromatic rings. The lowest BCUT2D eigenvalue weighted by Crippen LogP contribution is -2.41. The van der Waals surface area contributed by atoms with Crippen molar-refractivity contribution < 1.29 is 9.59 Å². The van der Waals surface area contributed by atoms with E-state index in [0.29, 0.717) is 5.70 Å². The third-order valence-corrected chi connectivity index (χ3v) is 3.93. The molecule has 0 bridgehead atoms. The van der Waals surface area contributed by atoms with Crippen molar-refractivity contribution in [1.82, 2.24) is 34.5 Å². The van der Waals surface area contributed by atoms with Crippen molar-refractivity contribution in [3.8, 4) is 0 Å². The van der Waals surface area contributed by atoms with Gasteiger partial charge >= 0.3 is 5.69 Å². The van der Waals surface area contributed by atoms with Crippen LogP contribution in [0.5, 0.6) is 0 Å². The predicted molar refractivity (Wildman–Crippen MR) is 95.2 cm³/mol. The molecule has 0 radical (unpaired) electrons. The van der Waals surface area contributed by atoms with E-state index in [9.17, 15) is 19.2 Å². The standard InChI is InChI=1S/C14H18N10O4/c1-21-12-11(13(27)22(2)14(21)28)23(7-16-12)6-10(26)18-8-4-17-20-24(5-8)19-9(25)3-15/h5,7H,3-4,6,15H2,1-2H3,(H,18,26)(H,19,25). The van der Waals surface area contributed by atoms with Gasteiger partial charge in [-0.05, 0) is 0 Å². The van der Waals surface area contributed by atoms with Crippen molar-refractivity contribution in [2.24, 2.45) is 30.2 Å². The van der Waals surface area contributed by atoms with Gasteiger partial charge in [-0.2, -0.15) is 10.2 Å². The van der Waals surface area contributed by atoms with E-state index in [1.807, 2.05) is 0 Å². The Morgan fingerprint density at radius 3 is 2.68 bits per heavy atom. The van der Waals surface area contributed by atoms with E-state index in [1.165, 1.54) is 35.8 Å². The summed E-state index contributed by atoms with van der Waals surface area (Å²) in [7, 11) is 2.84. The number of nitrogens with zero attached hydrogens (tertiary/aromatic N) is 7. The fraction of sp³-hybridized carbons (Fsp3) is 0.357. The normalized spacial score (nSPS) is 13.5. The highest BCUT2D eigenvalue weighted by molar-refractivity contribution is 5.80. The van der Waals surface area contributed by atoms with Crippen LogP contribution in [0, 0.1) is 0 Å². The van der Waals surface area contributed by atoms with Crippen molar-refractivity contribution in [2.75, 3.05) is 13.1 Å². The van der Waals surface area contributed by atoms with E-state index in [0.717, 1.165) is 9.69 Å². The summed E-state index contributed by atoms with van der Waals surface area (Å²) in [5.41, 5.74) is 7.20. The first-order valence-corrected chi connectivity index (χ1v) is 8.09. The fourth-order valence-electron chi connectivity index (χ4n) is 2.58. The Labute approximate surface area is 156 Å². The van der Waals surface area contributed by atoms with Crippen LogP contribution < -0.4 is 27.7 Å². The zero-order valence-electron chi connectivity index (χ0n) is 15.1. The molecule has 1 aliphatic heterocycles. The Balaban J connectivity index is 1.78. The highest BCUT2D eigenvalue weighted by Crippen LogP contribution is 2.06. The number of hydrazine groups is 1. The molecule has 0 saturated carbocycles. The average Bonchev–Trinajstić information content (AvgIpc) is 3.08. The molecule has 0 spiro atoms. The summed E-state index contributed by atoms with van der Waals surface area (Å²) < 4.78 is 3.53. The van der Waals surface area contributed by atoms with Gasteiger partial charge in [-0.25, -0.2) is 15.2 Å². The molecule has 3 rings (SSSR count). The summed E-state index contributed by atoms with van der Waals surface area (Å²) in [5, 5.41) is 11.1. The second-order valence-corrected chi connectivity index (χ2v) is 5.93. The number of amides is 2. The minimum atomic E-state index is -0.551. The second kappa shape index (κ2) is 7.43. The molecular formula is C14H18N10O4. The van der Waals surface area contributed by atoms with Crippen LogP contribution in [0.15, 0.2) is 38.2 Å². The van der Waals surface area contributed by atoms with E-state index in [2.05, 4.69) is 26.1 Å². The van der Waals surface area contributed by atoms with Crippen molar-refractivity contribution >= 4 is 23.0 Å². The van der Waals surface area contributed by atoms with Crippen LogP contribution in [0.2, 0.25) is 0 Å². The zero-order valence-corrected chi connectivity index (χ0v) is 15.1. The number of nitrogens with two attached hydrogens (primary N) is 1. The molecule has 0 atom stereocenters. The lowest BCUT2D eigenvalue weighted by Gasteiger charge is -2.19. The number of fused-ring (bicyclic) bond motifs is 1. The molecule has 1 aliphatic rings. The summed E-state index contributed by atoms with van der Waals surface area (Å²) in [6.07, 6.45) is 2.70. The van der Waals surface area contributed by atoms with Crippen LogP contribution in [0.25, 0.3) is 11.2 Å². The first kappa shape index (κ1) is 19.0. The largest absolute Gasteiger partial charge is 0.332 e. The summed E-state index contributed by atoms with van der Waals surface area (Å²) in [6, 6.07) is 0. The minimum Gasteiger partial charge on any atom is -0.325 e. The van der Waals surface area contributed by atoms with Gasteiger partial charge in [-0.15, -0.1) is 0 Å². The monoisotopic (exact) mass is 390 g/mol. The SMILES string of the molecule is Cn1c(=O)c2c(ncn2CC(=O)NC2=CN(NC(=O)CN)N=NC2)n(C)c1=O. The summed E-state index contributed by atoms with van der Waals surface area (Å²) in [4.78, 5) is 52.1. The quantitative estimate of drug-likeness (QED) is 0.489. The number of aromatic nitrogens is 4. The zero-order chi connectivity index (χ0) is 20.4. The molecule has 0 aromatic carbocycles. The van der Waals surface area contributed by atoms with Crippen molar-refractivity contribution in [3.63, 3.8) is 0 Å². The van der Waals surface area contributed by atoms with Crippen molar-refractivity contribution in [1.29, 1.82) is 0 Å². The number of rotatable bonds is 5. The maximum atomic E-state index is 12.4. The summed E-state index contributed by atoms with van der Waals surface area (Å²) >= 11 is 0. The minimum absolute atomic E-state index is 0.0989. The first-order valence-electron chi connectivity index (χ1n) is 8.09. The van der Waals surface area contributed by atoms with E-state index < -0.39 is 23.1 Å². The molecule has 0 aliphatic carbocycles. The van der Waals surface area contributed by atoms with E-state index in [4.69, 9.17) is 5.73 Å². The highest BCUT2D eigenvalue weighted by atomic mass is 16.2. The number of aryl methyl sites for hydroxylation is 1. The Hall–Kier alpha value is -3.81. The number of carbonyl (C=O) groups excluding carboxylic acids is 2. The van der Waals surface area contributed by atoms with Gasteiger partial charge in [0.1, 0.15) is 13.1 Å². The lowest BCUT2D eigenvalue weighted by molar-refractivity contribution is -0.123. The molecule has 14 nitrogen and oxygen atoms in total. The van der Waals surface area contributed by atoms with Crippen LogP contribution in [0.1, 0.15) is 0 Å². The van der Waals surface area contributed by atoms with Gasteiger partial charge in [0.15, 0.2) is 11.2 Å². The molecule has 0 fully saturated rings. The topological polar surface area (TPSA) is 174 Å². The molecule has 3 heterocycles. The van der Waals surface area contributed by atoms with E-state index in [1.54, 1.807) is 0 Å². The molecule has 2 amide bonds. The number of hydrogen-bond donors (Lipinski definition) is 3. The molecule has 14 heteroatoms. The van der Waals surface area contributed by atoms with Crippen LogP contribution in [0.3, 0.4) is 0 Å². The molecular weight excluding hydrogens is 372 g/mol. The van der Waals surface area contributed by atoms with Crippen LogP contribution in [-0.4, -0.2) is 48.7 Å². The van der Waals surface area contributed by atoms with E-state index in [-0.39, 0.29) is 30.8 Å².